The largest absolute Gasteiger partial charge is 0.573 e. The number of hydrogen-bond donors (Lipinski definition) is 1. The molecule has 11 heteroatoms. The number of nitrogens with one attached hydrogen (secondary N) is 1. The summed E-state index contributed by atoms with van der Waals surface area (Å²) in [4.78, 5) is 23.5. The normalized spacial score (nSPS) is 12.1. The molecule has 0 unspecified atom stereocenters. The maximum Gasteiger partial charge on any atom is 0.573 e. The van der Waals surface area contributed by atoms with Crippen LogP contribution in [0.5, 0.6) is 5.75 Å². The standard InChI is InChI=1S/C22H22F3N5O2S/c1-29(2)10-4-5-18(31)13-6-9-17-16(11-13)26-20(30(17)3)28-21-27-15-8-7-14(12-19(15)33-21)32-22(23,24)25/h6-9,11-12H,4-5,10H2,1-3H3,(H,26,27,28). The minimum Gasteiger partial charge on any atom is -0.406 e. The number of imidazole rings is 1. The molecule has 4 aromatic rings. The zero-order valence-electron chi connectivity index (χ0n) is 18.2. The molecule has 33 heavy (non-hydrogen) atoms. The van der Waals surface area contributed by atoms with Gasteiger partial charge in [-0.2, -0.15) is 0 Å². The van der Waals surface area contributed by atoms with E-state index in [0.29, 0.717) is 38.8 Å². The smallest absolute Gasteiger partial charge is 0.406 e. The fourth-order valence-electron chi connectivity index (χ4n) is 3.44. The third-order valence-corrected chi connectivity index (χ3v) is 5.96. The number of aryl methyl sites for hydroxylation is 1. The molecule has 0 bridgehead atoms. The van der Waals surface area contributed by atoms with Crippen molar-refractivity contribution in [2.75, 3.05) is 26.0 Å². The van der Waals surface area contributed by atoms with E-state index in [-0.39, 0.29) is 11.5 Å². The average Bonchev–Trinajstić information content (AvgIpc) is 3.26. The zero-order valence-corrected chi connectivity index (χ0v) is 19.0. The Bertz CT molecular complexity index is 1310. The minimum absolute atomic E-state index is 0.0713. The average molecular weight is 478 g/mol. The molecule has 4 rings (SSSR count). The Balaban J connectivity index is 1.54. The van der Waals surface area contributed by atoms with Crippen LogP contribution in [0.1, 0.15) is 23.2 Å². The van der Waals surface area contributed by atoms with E-state index in [4.69, 9.17) is 0 Å². The SMILES string of the molecule is CN(C)CCCC(=O)c1ccc2c(c1)nc(Nc1nc3ccc(OC(F)(F)F)cc3s1)n2C. The van der Waals surface area contributed by atoms with E-state index in [2.05, 4.69) is 20.0 Å². The Labute approximate surface area is 191 Å². The first-order chi connectivity index (χ1) is 15.6. The number of fused-ring (bicyclic) bond motifs is 2. The summed E-state index contributed by atoms with van der Waals surface area (Å²) in [7, 11) is 5.78. The summed E-state index contributed by atoms with van der Waals surface area (Å²) in [5, 5.41) is 3.60. The third-order valence-electron chi connectivity index (χ3n) is 5.02. The first-order valence-corrected chi connectivity index (χ1v) is 11.0. The van der Waals surface area contributed by atoms with Gasteiger partial charge in [-0.15, -0.1) is 13.2 Å². The summed E-state index contributed by atoms with van der Waals surface area (Å²) in [5.74, 6) is 0.283. The predicted octanol–water partition coefficient (Wildman–Crippen LogP) is 5.35. The highest BCUT2D eigenvalue weighted by atomic mass is 32.1. The van der Waals surface area contributed by atoms with Crippen molar-refractivity contribution in [1.82, 2.24) is 19.4 Å². The van der Waals surface area contributed by atoms with Crippen LogP contribution in [0.2, 0.25) is 0 Å². The lowest BCUT2D eigenvalue weighted by molar-refractivity contribution is -0.274. The molecule has 0 radical (unpaired) electrons. The molecule has 7 nitrogen and oxygen atoms in total. The number of carbonyl (C=O) groups is 1. The van der Waals surface area contributed by atoms with Gasteiger partial charge in [-0.25, -0.2) is 9.97 Å². The topological polar surface area (TPSA) is 72.3 Å². The van der Waals surface area contributed by atoms with Crippen LogP contribution >= 0.6 is 11.3 Å². The van der Waals surface area contributed by atoms with Crippen molar-refractivity contribution in [3.8, 4) is 5.75 Å². The van der Waals surface area contributed by atoms with Gasteiger partial charge in [-0.3, -0.25) is 4.79 Å². The first kappa shape index (κ1) is 23.0. The first-order valence-electron chi connectivity index (χ1n) is 10.2. The van der Waals surface area contributed by atoms with Crippen LogP contribution in [0, 0.1) is 0 Å². The summed E-state index contributed by atoms with van der Waals surface area (Å²) < 4.78 is 43.8. The van der Waals surface area contributed by atoms with Crippen molar-refractivity contribution in [2.24, 2.45) is 7.05 Å². The number of alkyl halides is 3. The van der Waals surface area contributed by atoms with Crippen LogP contribution in [0.3, 0.4) is 0 Å². The number of thiazole rings is 1. The molecular formula is C22H22F3N5O2S. The fourth-order valence-corrected chi connectivity index (χ4v) is 4.32. The number of benzene rings is 2. The molecule has 0 atom stereocenters. The number of rotatable bonds is 8. The number of nitrogens with zero attached hydrogens (tertiary/aromatic N) is 4. The molecule has 0 aliphatic rings. The summed E-state index contributed by atoms with van der Waals surface area (Å²) in [6.45, 7) is 0.845. The van der Waals surface area contributed by atoms with Gasteiger partial charge >= 0.3 is 6.36 Å². The lowest BCUT2D eigenvalue weighted by atomic mass is 10.1. The lowest BCUT2D eigenvalue weighted by Gasteiger charge is -2.08. The van der Waals surface area contributed by atoms with E-state index in [1.54, 1.807) is 12.1 Å². The number of Topliss-reactive ketones (excluding diaryl/α,β-unsaturated/α-hetero) is 1. The Hall–Kier alpha value is -3.18. The van der Waals surface area contributed by atoms with Gasteiger partial charge in [0.15, 0.2) is 10.9 Å². The van der Waals surface area contributed by atoms with Crippen LogP contribution in [0.25, 0.3) is 21.3 Å². The van der Waals surface area contributed by atoms with Gasteiger partial charge in [0, 0.05) is 25.1 Å². The molecule has 0 fully saturated rings. The Morgan fingerprint density at radius 2 is 1.94 bits per heavy atom. The second-order valence-corrected chi connectivity index (χ2v) is 8.88. The van der Waals surface area contributed by atoms with E-state index < -0.39 is 6.36 Å². The van der Waals surface area contributed by atoms with Crippen molar-refractivity contribution in [3.63, 3.8) is 0 Å². The van der Waals surface area contributed by atoms with Gasteiger partial charge in [-0.05, 0) is 57.4 Å². The summed E-state index contributed by atoms with van der Waals surface area (Å²) in [5.41, 5.74) is 2.66. The summed E-state index contributed by atoms with van der Waals surface area (Å²) in [6.07, 6.45) is -3.50. The monoisotopic (exact) mass is 477 g/mol. The number of hydrogen-bond acceptors (Lipinski definition) is 7. The van der Waals surface area contributed by atoms with Gasteiger partial charge in [0.05, 0.1) is 21.3 Å². The highest BCUT2D eigenvalue weighted by Gasteiger charge is 2.31. The van der Waals surface area contributed by atoms with E-state index in [1.165, 1.54) is 29.5 Å². The Morgan fingerprint density at radius 3 is 2.67 bits per heavy atom. The van der Waals surface area contributed by atoms with Gasteiger partial charge in [0.25, 0.3) is 0 Å². The molecule has 174 valence electrons. The van der Waals surface area contributed by atoms with Gasteiger partial charge in [-0.1, -0.05) is 11.3 Å². The van der Waals surface area contributed by atoms with Gasteiger partial charge in [0.2, 0.25) is 5.95 Å². The molecule has 2 aromatic carbocycles. The van der Waals surface area contributed by atoms with E-state index in [0.717, 1.165) is 18.5 Å². The third kappa shape index (κ3) is 5.42. The lowest BCUT2D eigenvalue weighted by Crippen LogP contribution is -2.16. The molecule has 0 aliphatic carbocycles. The fraction of sp³-hybridized carbons (Fsp3) is 0.318. The summed E-state index contributed by atoms with van der Waals surface area (Å²) in [6, 6.07) is 9.43. The van der Waals surface area contributed by atoms with Crippen LogP contribution < -0.4 is 10.1 Å². The van der Waals surface area contributed by atoms with Gasteiger partial charge in [0.1, 0.15) is 5.75 Å². The number of carbonyl (C=O) groups excluding carboxylic acids is 1. The quantitative estimate of drug-likeness (QED) is 0.345. The van der Waals surface area contributed by atoms with E-state index in [9.17, 15) is 18.0 Å². The van der Waals surface area contributed by atoms with Crippen LogP contribution in [-0.4, -0.2) is 52.2 Å². The molecule has 0 aliphatic heterocycles. The van der Waals surface area contributed by atoms with E-state index >= 15 is 0 Å². The summed E-state index contributed by atoms with van der Waals surface area (Å²) >= 11 is 1.19. The highest BCUT2D eigenvalue weighted by molar-refractivity contribution is 7.22. The number of aromatic nitrogens is 3. The van der Waals surface area contributed by atoms with Gasteiger partial charge < -0.3 is 19.5 Å². The van der Waals surface area contributed by atoms with Crippen molar-refractivity contribution in [1.29, 1.82) is 0 Å². The predicted molar refractivity (Wildman–Crippen MR) is 122 cm³/mol. The Morgan fingerprint density at radius 1 is 1.15 bits per heavy atom. The van der Waals surface area contributed by atoms with Crippen LogP contribution in [0.15, 0.2) is 36.4 Å². The highest BCUT2D eigenvalue weighted by Crippen LogP contribution is 2.33. The molecule has 1 N–H and O–H groups in total. The molecule has 0 amide bonds. The van der Waals surface area contributed by atoms with Crippen molar-refractivity contribution >= 4 is 49.4 Å². The maximum atomic E-state index is 12.5. The molecule has 0 saturated heterocycles. The second-order valence-electron chi connectivity index (χ2n) is 7.85. The maximum absolute atomic E-state index is 12.5. The molecule has 0 spiro atoms. The Kier molecular flexibility index (Phi) is 6.26. The van der Waals surface area contributed by atoms with Crippen molar-refractivity contribution in [2.45, 2.75) is 19.2 Å². The molecule has 2 aromatic heterocycles. The molecule has 2 heterocycles. The minimum atomic E-state index is -4.75. The molecule has 0 saturated carbocycles. The number of ether oxygens (including phenoxy) is 1. The number of anilines is 2. The number of halogens is 3. The van der Waals surface area contributed by atoms with Crippen molar-refractivity contribution < 1.29 is 22.7 Å². The van der Waals surface area contributed by atoms with E-state index in [1.807, 2.05) is 36.7 Å². The molecular weight excluding hydrogens is 455 g/mol. The second kappa shape index (κ2) is 8.99. The van der Waals surface area contributed by atoms with Crippen molar-refractivity contribution in [3.05, 3.63) is 42.0 Å². The zero-order chi connectivity index (χ0) is 23.8. The van der Waals surface area contributed by atoms with Crippen LogP contribution in [0.4, 0.5) is 24.3 Å². The number of ketones is 1. The van der Waals surface area contributed by atoms with Crippen LogP contribution in [-0.2, 0) is 7.05 Å².